The second-order valence-electron chi connectivity index (χ2n) is 9.50. The standard InChI is InChI=1S/C26H30N4O3P2/c27-19-16(11-5-2-6-11)26(35)22(30)18(23(19)32)13-8-7-12(9-14(13)31)17-21(29)24(33)20(28)15(25(17)34)10-3-1-4-10/h1-3,5,9-11,13,32-33H,4,6-8,27-30,34-35H2. The van der Waals surface area contributed by atoms with E-state index in [4.69, 9.17) is 22.9 Å². The molecular formula is C26H30N4O3P2. The maximum atomic E-state index is 13.4. The number of carbonyl (C=O) groups is 1. The molecule has 5 rings (SSSR count). The molecule has 182 valence electrons. The van der Waals surface area contributed by atoms with E-state index in [1.54, 1.807) is 6.08 Å². The van der Waals surface area contributed by atoms with E-state index in [1.165, 1.54) is 0 Å². The fourth-order valence-electron chi connectivity index (χ4n) is 5.39. The fourth-order valence-corrected chi connectivity index (χ4v) is 6.63. The van der Waals surface area contributed by atoms with Crippen LogP contribution < -0.4 is 33.5 Å². The van der Waals surface area contributed by atoms with Crippen molar-refractivity contribution in [2.75, 3.05) is 22.9 Å². The van der Waals surface area contributed by atoms with Gasteiger partial charge in [0.1, 0.15) is 5.75 Å². The van der Waals surface area contributed by atoms with Crippen LogP contribution in [0.5, 0.6) is 11.5 Å². The highest BCUT2D eigenvalue weighted by molar-refractivity contribution is 7.28. The molecule has 2 aromatic rings. The minimum Gasteiger partial charge on any atom is -0.505 e. The van der Waals surface area contributed by atoms with Crippen LogP contribution in [0.1, 0.15) is 65.7 Å². The summed E-state index contributed by atoms with van der Waals surface area (Å²) in [5.74, 6) is -0.880. The molecule has 3 aliphatic rings. The quantitative estimate of drug-likeness (QED) is 0.160. The third-order valence-electron chi connectivity index (χ3n) is 7.59. The maximum absolute atomic E-state index is 13.4. The van der Waals surface area contributed by atoms with Gasteiger partial charge in [-0.2, -0.15) is 0 Å². The van der Waals surface area contributed by atoms with Gasteiger partial charge in [-0.25, -0.2) is 0 Å². The third kappa shape index (κ3) is 3.52. The first-order valence-electron chi connectivity index (χ1n) is 11.6. The molecule has 35 heavy (non-hydrogen) atoms. The second kappa shape index (κ2) is 8.58. The molecule has 0 bridgehead atoms. The number of phenols is 2. The van der Waals surface area contributed by atoms with Gasteiger partial charge in [-0.15, -0.1) is 18.5 Å². The van der Waals surface area contributed by atoms with Gasteiger partial charge in [-0.3, -0.25) is 4.79 Å². The zero-order valence-corrected chi connectivity index (χ0v) is 21.5. The number of benzene rings is 2. The van der Waals surface area contributed by atoms with E-state index in [-0.39, 0.29) is 46.2 Å². The lowest BCUT2D eigenvalue weighted by Gasteiger charge is -2.30. The lowest BCUT2D eigenvalue weighted by atomic mass is 9.77. The number of carbonyl (C=O) groups excluding carboxylic acids is 1. The number of allylic oxidation sites excluding steroid dienone is 6. The van der Waals surface area contributed by atoms with E-state index in [1.807, 2.05) is 24.3 Å². The molecule has 0 aromatic heterocycles. The normalized spacial score (nSPS) is 23.1. The van der Waals surface area contributed by atoms with E-state index in [9.17, 15) is 15.0 Å². The molecular weight excluding hydrogens is 478 g/mol. The van der Waals surface area contributed by atoms with Crippen LogP contribution in [0.4, 0.5) is 22.7 Å². The van der Waals surface area contributed by atoms with Gasteiger partial charge in [0.15, 0.2) is 11.5 Å². The van der Waals surface area contributed by atoms with Crippen molar-refractivity contribution in [1.82, 2.24) is 0 Å². The van der Waals surface area contributed by atoms with Gasteiger partial charge in [0.05, 0.1) is 23.0 Å². The van der Waals surface area contributed by atoms with Crippen molar-refractivity contribution in [3.05, 3.63) is 52.6 Å². The highest BCUT2D eigenvalue weighted by atomic mass is 31.0. The van der Waals surface area contributed by atoms with Crippen molar-refractivity contribution in [3.8, 4) is 11.5 Å². The zero-order valence-electron chi connectivity index (χ0n) is 19.2. The van der Waals surface area contributed by atoms with Crippen LogP contribution in [0, 0.1) is 0 Å². The minimum absolute atomic E-state index is 0.101. The lowest BCUT2D eigenvalue weighted by Crippen LogP contribution is -2.25. The molecule has 5 unspecified atom stereocenters. The summed E-state index contributed by atoms with van der Waals surface area (Å²) in [6.45, 7) is 0. The van der Waals surface area contributed by atoms with Crippen LogP contribution in [0.2, 0.25) is 0 Å². The Bertz CT molecular complexity index is 1350. The largest absolute Gasteiger partial charge is 0.505 e. The van der Waals surface area contributed by atoms with Crippen molar-refractivity contribution in [2.45, 2.75) is 43.4 Å². The van der Waals surface area contributed by atoms with Gasteiger partial charge >= 0.3 is 0 Å². The highest BCUT2D eigenvalue weighted by Gasteiger charge is 2.34. The van der Waals surface area contributed by atoms with E-state index in [0.29, 0.717) is 29.7 Å². The molecule has 7 nitrogen and oxygen atoms in total. The summed E-state index contributed by atoms with van der Waals surface area (Å²) in [5.41, 5.74) is 29.7. The summed E-state index contributed by atoms with van der Waals surface area (Å²) in [4.78, 5) is 13.4. The average Bonchev–Trinajstić information content (AvgIpc) is 2.75. The number of rotatable bonds is 4. The van der Waals surface area contributed by atoms with Gasteiger partial charge in [0, 0.05) is 28.7 Å². The number of hydrogen-bond acceptors (Lipinski definition) is 7. The summed E-state index contributed by atoms with van der Waals surface area (Å²) in [5, 5.41) is 23.2. The van der Waals surface area contributed by atoms with Crippen molar-refractivity contribution < 1.29 is 15.0 Å². The predicted octanol–water partition coefficient (Wildman–Crippen LogP) is 3.04. The molecule has 0 spiro atoms. The first-order valence-corrected chi connectivity index (χ1v) is 12.7. The molecule has 0 saturated heterocycles. The number of nitrogen functional groups attached to an aromatic ring is 4. The predicted molar refractivity (Wildman–Crippen MR) is 151 cm³/mol. The summed E-state index contributed by atoms with van der Waals surface area (Å²) < 4.78 is 0. The van der Waals surface area contributed by atoms with Crippen LogP contribution in [0.3, 0.4) is 0 Å². The van der Waals surface area contributed by atoms with Gasteiger partial charge in [-0.1, -0.05) is 24.3 Å². The lowest BCUT2D eigenvalue weighted by molar-refractivity contribution is -0.116. The summed E-state index contributed by atoms with van der Waals surface area (Å²) in [6.07, 6.45) is 12.3. The molecule has 0 heterocycles. The Morgan fingerprint density at radius 2 is 1.31 bits per heavy atom. The van der Waals surface area contributed by atoms with Gasteiger partial charge in [0.2, 0.25) is 0 Å². The molecule has 9 heteroatoms. The first-order chi connectivity index (χ1) is 16.6. The van der Waals surface area contributed by atoms with Crippen LogP contribution in [-0.4, -0.2) is 16.0 Å². The topological polar surface area (TPSA) is 162 Å². The van der Waals surface area contributed by atoms with E-state index >= 15 is 0 Å². The number of nitrogens with two attached hydrogens (primary N) is 4. The molecule has 2 aromatic carbocycles. The smallest absolute Gasteiger partial charge is 0.163 e. The molecule has 0 amide bonds. The number of aromatic hydroxyl groups is 2. The Hall–Kier alpha value is -3.01. The van der Waals surface area contributed by atoms with Gasteiger partial charge in [-0.05, 0) is 59.1 Å². The highest BCUT2D eigenvalue weighted by Crippen LogP contribution is 2.48. The van der Waals surface area contributed by atoms with Gasteiger partial charge < -0.3 is 33.1 Å². The third-order valence-corrected chi connectivity index (χ3v) is 8.81. The molecule has 0 saturated carbocycles. The Morgan fingerprint density at radius 1 is 0.771 bits per heavy atom. The molecule has 3 aliphatic carbocycles. The second-order valence-corrected chi connectivity index (χ2v) is 10.7. The Morgan fingerprint density at radius 3 is 1.83 bits per heavy atom. The monoisotopic (exact) mass is 508 g/mol. The Balaban J connectivity index is 1.56. The molecule has 5 atom stereocenters. The number of phenolic OH excluding ortho intramolecular Hbond substituents is 2. The zero-order chi connectivity index (χ0) is 25.2. The fraction of sp³-hybridized carbons (Fsp3) is 0.269. The summed E-state index contributed by atoms with van der Waals surface area (Å²) >= 11 is 0. The molecule has 10 N–H and O–H groups in total. The van der Waals surface area contributed by atoms with E-state index in [2.05, 4.69) is 18.5 Å². The van der Waals surface area contributed by atoms with Crippen LogP contribution >= 0.6 is 18.5 Å². The number of hydrogen-bond donors (Lipinski definition) is 6. The van der Waals surface area contributed by atoms with Crippen LogP contribution in [0.25, 0.3) is 5.57 Å². The van der Waals surface area contributed by atoms with E-state index in [0.717, 1.165) is 40.2 Å². The summed E-state index contributed by atoms with van der Waals surface area (Å²) in [6, 6.07) is 0. The Kier molecular flexibility index (Phi) is 5.82. The van der Waals surface area contributed by atoms with Crippen LogP contribution in [-0.2, 0) is 4.79 Å². The molecule has 0 aliphatic heterocycles. The minimum atomic E-state index is -0.628. The maximum Gasteiger partial charge on any atom is 0.163 e. The van der Waals surface area contributed by atoms with Crippen molar-refractivity contribution in [1.29, 1.82) is 0 Å². The first kappa shape index (κ1) is 23.7. The van der Waals surface area contributed by atoms with Crippen molar-refractivity contribution in [2.24, 2.45) is 0 Å². The molecule has 0 fully saturated rings. The van der Waals surface area contributed by atoms with Crippen LogP contribution in [0.15, 0.2) is 30.4 Å². The number of anilines is 4. The van der Waals surface area contributed by atoms with Crippen molar-refractivity contribution in [3.63, 3.8) is 0 Å². The van der Waals surface area contributed by atoms with E-state index < -0.39 is 5.92 Å². The van der Waals surface area contributed by atoms with Crippen molar-refractivity contribution >= 4 is 63.2 Å². The average molecular weight is 508 g/mol. The SMILES string of the molecule is Nc1c(O)c(N)c(C2C=CC2)c(P)c1C1=CC(=O)C(c2c(N)c(P)c(C3C=CC3)c(N)c2O)CC1. The summed E-state index contributed by atoms with van der Waals surface area (Å²) in [7, 11) is 5.32. The number of ketones is 1. The molecule has 0 radical (unpaired) electrons. The van der Waals surface area contributed by atoms with Gasteiger partial charge in [0.25, 0.3) is 0 Å². The Labute approximate surface area is 208 Å².